The molecule has 0 bridgehead atoms. The van der Waals surface area contributed by atoms with Gasteiger partial charge in [-0.05, 0) is 40.0 Å². The van der Waals surface area contributed by atoms with Crippen LogP contribution in [0.1, 0.15) is 40.0 Å². The van der Waals surface area contributed by atoms with Gasteiger partial charge in [0.15, 0.2) is 0 Å². The Balaban J connectivity index is 2.24. The molecule has 0 heterocycles. The van der Waals surface area contributed by atoms with Crippen LogP contribution < -0.4 is 0 Å². The zero-order chi connectivity index (χ0) is 6.91. The molecule has 0 radical (unpaired) electrons. The molecule has 0 spiro atoms. The van der Waals surface area contributed by atoms with E-state index in [2.05, 4.69) is 20.8 Å². The Hall–Kier alpha value is -0.0400. The van der Waals surface area contributed by atoms with E-state index in [-0.39, 0.29) is 5.60 Å². The van der Waals surface area contributed by atoms with Crippen LogP contribution in [0, 0.1) is 0 Å². The third kappa shape index (κ3) is 1.68. The summed E-state index contributed by atoms with van der Waals surface area (Å²) in [6.45, 7) is 6.41. The molecule has 1 heteroatoms. The molecule has 0 unspecified atom stereocenters. The van der Waals surface area contributed by atoms with Gasteiger partial charge in [0.05, 0.1) is 11.7 Å². The molecule has 0 amide bonds. The SMILES string of the molecule is CC(C)OC1(C)CCC1. The van der Waals surface area contributed by atoms with E-state index in [0.717, 1.165) is 0 Å². The first kappa shape index (κ1) is 7.07. The fraction of sp³-hybridized carbons (Fsp3) is 1.00. The fourth-order valence-electron chi connectivity index (χ4n) is 1.36. The maximum absolute atomic E-state index is 5.67. The molecule has 0 aromatic carbocycles. The Morgan fingerprint density at radius 1 is 1.33 bits per heavy atom. The highest BCUT2D eigenvalue weighted by molar-refractivity contribution is 4.85. The normalized spacial score (nSPS) is 24.0. The van der Waals surface area contributed by atoms with Gasteiger partial charge < -0.3 is 4.74 Å². The quantitative estimate of drug-likeness (QED) is 0.554. The molecule has 1 saturated carbocycles. The van der Waals surface area contributed by atoms with E-state index in [0.29, 0.717) is 6.10 Å². The van der Waals surface area contributed by atoms with Crippen LogP contribution in [0.5, 0.6) is 0 Å². The van der Waals surface area contributed by atoms with Crippen molar-refractivity contribution >= 4 is 0 Å². The van der Waals surface area contributed by atoms with Gasteiger partial charge in [-0.1, -0.05) is 0 Å². The predicted octanol–water partition coefficient (Wildman–Crippen LogP) is 2.35. The molecule has 1 aliphatic rings. The summed E-state index contributed by atoms with van der Waals surface area (Å²) in [4.78, 5) is 0. The standard InChI is InChI=1S/C8H16O/c1-7(2)9-8(3)5-4-6-8/h7H,4-6H2,1-3H3. The molecule has 1 rings (SSSR count). The van der Waals surface area contributed by atoms with Crippen LogP contribution in [0.4, 0.5) is 0 Å². The molecular formula is C8H16O. The van der Waals surface area contributed by atoms with Crippen molar-refractivity contribution in [1.29, 1.82) is 0 Å². The second-order valence-electron chi connectivity index (χ2n) is 3.47. The molecule has 1 fully saturated rings. The van der Waals surface area contributed by atoms with E-state index in [4.69, 9.17) is 4.74 Å². The first-order valence-corrected chi connectivity index (χ1v) is 3.80. The monoisotopic (exact) mass is 128 g/mol. The molecular weight excluding hydrogens is 112 g/mol. The van der Waals surface area contributed by atoms with Crippen LogP contribution >= 0.6 is 0 Å². The number of ether oxygens (including phenoxy) is 1. The predicted molar refractivity (Wildman–Crippen MR) is 38.5 cm³/mol. The molecule has 0 aromatic heterocycles. The van der Waals surface area contributed by atoms with Gasteiger partial charge in [-0.15, -0.1) is 0 Å². The maximum atomic E-state index is 5.67. The van der Waals surface area contributed by atoms with Gasteiger partial charge in [0.25, 0.3) is 0 Å². The van der Waals surface area contributed by atoms with E-state index in [1.165, 1.54) is 19.3 Å². The highest BCUT2D eigenvalue weighted by atomic mass is 16.5. The zero-order valence-corrected chi connectivity index (χ0v) is 6.61. The average Bonchev–Trinajstić information content (AvgIpc) is 1.60. The number of hydrogen-bond acceptors (Lipinski definition) is 1. The van der Waals surface area contributed by atoms with Crippen LogP contribution in [-0.4, -0.2) is 11.7 Å². The molecule has 0 aliphatic heterocycles. The Kier molecular flexibility index (Phi) is 1.80. The molecule has 0 saturated heterocycles. The molecule has 0 aromatic rings. The van der Waals surface area contributed by atoms with E-state index in [1.807, 2.05) is 0 Å². The van der Waals surface area contributed by atoms with Crippen LogP contribution in [0.15, 0.2) is 0 Å². The summed E-state index contributed by atoms with van der Waals surface area (Å²) in [6, 6.07) is 0. The Morgan fingerprint density at radius 3 is 2.00 bits per heavy atom. The van der Waals surface area contributed by atoms with Crippen LogP contribution in [0.25, 0.3) is 0 Å². The maximum Gasteiger partial charge on any atom is 0.0658 e. The first-order chi connectivity index (χ1) is 4.12. The van der Waals surface area contributed by atoms with Crippen molar-refractivity contribution in [1.82, 2.24) is 0 Å². The minimum Gasteiger partial charge on any atom is -0.373 e. The van der Waals surface area contributed by atoms with Crippen molar-refractivity contribution in [2.75, 3.05) is 0 Å². The Morgan fingerprint density at radius 2 is 1.89 bits per heavy atom. The van der Waals surface area contributed by atoms with E-state index >= 15 is 0 Å². The lowest BCUT2D eigenvalue weighted by molar-refractivity contribution is -0.114. The minimum atomic E-state index is 0.244. The van der Waals surface area contributed by atoms with Gasteiger partial charge in [-0.3, -0.25) is 0 Å². The van der Waals surface area contributed by atoms with Gasteiger partial charge >= 0.3 is 0 Å². The fourth-order valence-corrected chi connectivity index (χ4v) is 1.36. The summed E-state index contributed by atoms with van der Waals surface area (Å²) in [6.07, 6.45) is 4.26. The summed E-state index contributed by atoms with van der Waals surface area (Å²) in [5.41, 5.74) is 0.244. The smallest absolute Gasteiger partial charge is 0.0658 e. The molecule has 54 valence electrons. The van der Waals surface area contributed by atoms with E-state index in [1.54, 1.807) is 0 Å². The topological polar surface area (TPSA) is 9.23 Å². The Bertz CT molecular complexity index is 92.7. The van der Waals surface area contributed by atoms with Gasteiger partial charge in [-0.25, -0.2) is 0 Å². The Labute approximate surface area is 57.4 Å². The summed E-state index contributed by atoms with van der Waals surface area (Å²) in [5.74, 6) is 0. The lowest BCUT2D eigenvalue weighted by Crippen LogP contribution is -2.38. The highest BCUT2D eigenvalue weighted by Gasteiger charge is 2.33. The van der Waals surface area contributed by atoms with Gasteiger partial charge in [0.1, 0.15) is 0 Å². The van der Waals surface area contributed by atoms with Crippen molar-refractivity contribution < 1.29 is 4.74 Å². The third-order valence-corrected chi connectivity index (χ3v) is 1.93. The van der Waals surface area contributed by atoms with Crippen LogP contribution in [0.2, 0.25) is 0 Å². The van der Waals surface area contributed by atoms with Crippen molar-refractivity contribution in [3.8, 4) is 0 Å². The summed E-state index contributed by atoms with van der Waals surface area (Å²) in [5, 5.41) is 0. The lowest BCUT2D eigenvalue weighted by Gasteiger charge is -2.39. The van der Waals surface area contributed by atoms with E-state index < -0.39 is 0 Å². The van der Waals surface area contributed by atoms with Gasteiger partial charge in [-0.2, -0.15) is 0 Å². The van der Waals surface area contributed by atoms with Crippen molar-refractivity contribution in [3.63, 3.8) is 0 Å². The van der Waals surface area contributed by atoms with Gasteiger partial charge in [0.2, 0.25) is 0 Å². The number of rotatable bonds is 2. The number of hydrogen-bond donors (Lipinski definition) is 0. The molecule has 0 atom stereocenters. The average molecular weight is 128 g/mol. The molecule has 1 nitrogen and oxygen atoms in total. The molecule has 9 heavy (non-hydrogen) atoms. The van der Waals surface area contributed by atoms with Crippen molar-refractivity contribution in [3.05, 3.63) is 0 Å². The van der Waals surface area contributed by atoms with Crippen LogP contribution in [-0.2, 0) is 4.74 Å². The van der Waals surface area contributed by atoms with Gasteiger partial charge in [0, 0.05) is 0 Å². The minimum absolute atomic E-state index is 0.244. The molecule has 1 aliphatic carbocycles. The van der Waals surface area contributed by atoms with Crippen molar-refractivity contribution in [2.24, 2.45) is 0 Å². The lowest BCUT2D eigenvalue weighted by atomic mass is 9.82. The zero-order valence-electron chi connectivity index (χ0n) is 6.61. The summed E-state index contributed by atoms with van der Waals surface area (Å²) >= 11 is 0. The highest BCUT2D eigenvalue weighted by Crippen LogP contribution is 2.35. The third-order valence-electron chi connectivity index (χ3n) is 1.93. The first-order valence-electron chi connectivity index (χ1n) is 3.80. The van der Waals surface area contributed by atoms with Crippen LogP contribution in [0.3, 0.4) is 0 Å². The summed E-state index contributed by atoms with van der Waals surface area (Å²) < 4.78 is 5.67. The van der Waals surface area contributed by atoms with E-state index in [9.17, 15) is 0 Å². The largest absolute Gasteiger partial charge is 0.373 e. The summed E-state index contributed by atoms with van der Waals surface area (Å²) in [7, 11) is 0. The van der Waals surface area contributed by atoms with Crippen molar-refractivity contribution in [2.45, 2.75) is 51.7 Å². The second-order valence-corrected chi connectivity index (χ2v) is 3.47. The molecule has 0 N–H and O–H groups in total. The second kappa shape index (κ2) is 2.30.